The highest BCUT2D eigenvalue weighted by molar-refractivity contribution is 7.93. The average Bonchev–Trinajstić information content (AvgIpc) is 3.12. The van der Waals surface area contributed by atoms with Gasteiger partial charge in [-0.1, -0.05) is 35.5 Å². The second-order valence-corrected chi connectivity index (χ2v) is 8.16. The van der Waals surface area contributed by atoms with E-state index in [4.69, 9.17) is 0 Å². The summed E-state index contributed by atoms with van der Waals surface area (Å²) in [5.41, 5.74) is 0.782. The molecule has 0 aliphatic heterocycles. The van der Waals surface area contributed by atoms with Crippen molar-refractivity contribution in [3.05, 3.63) is 77.4 Å². The lowest BCUT2D eigenvalue weighted by atomic mass is 10.1. The highest BCUT2D eigenvalue weighted by Gasteiger charge is 2.38. The van der Waals surface area contributed by atoms with Crippen LogP contribution in [0.25, 0.3) is 0 Å². The molecule has 6 nitrogen and oxygen atoms in total. The Morgan fingerprint density at radius 2 is 1.75 bits per heavy atom. The van der Waals surface area contributed by atoms with Gasteiger partial charge in [-0.3, -0.25) is 4.79 Å². The van der Waals surface area contributed by atoms with Gasteiger partial charge in [0.2, 0.25) is 0 Å². The highest BCUT2D eigenvalue weighted by Crippen LogP contribution is 2.27. The molecule has 28 heavy (non-hydrogen) atoms. The van der Waals surface area contributed by atoms with Gasteiger partial charge in [0.05, 0.1) is 9.73 Å². The van der Waals surface area contributed by atoms with Gasteiger partial charge in [-0.25, -0.2) is 4.21 Å². The lowest BCUT2D eigenvalue weighted by molar-refractivity contribution is -0.159. The Hall–Kier alpha value is -3.01. The SMILES string of the molecule is CS(=O)(=NC(=O)c1ccc(Cc2noc(C(F)(F)F)n2)cc1)c1ccccc1. The summed E-state index contributed by atoms with van der Waals surface area (Å²) in [6, 6.07) is 14.4. The monoisotopic (exact) mass is 409 g/mol. The summed E-state index contributed by atoms with van der Waals surface area (Å²) >= 11 is 0. The van der Waals surface area contributed by atoms with Gasteiger partial charge in [0.15, 0.2) is 5.82 Å². The van der Waals surface area contributed by atoms with Crippen LogP contribution >= 0.6 is 0 Å². The summed E-state index contributed by atoms with van der Waals surface area (Å²) in [5, 5.41) is 3.29. The third-order valence-corrected chi connectivity index (χ3v) is 5.37. The molecular formula is C18H14F3N3O3S. The maximum absolute atomic E-state index is 12.7. The second-order valence-electron chi connectivity index (χ2n) is 5.90. The largest absolute Gasteiger partial charge is 0.471 e. The van der Waals surface area contributed by atoms with Crippen molar-refractivity contribution in [2.75, 3.05) is 6.26 Å². The van der Waals surface area contributed by atoms with Crippen LogP contribution in [0.2, 0.25) is 0 Å². The summed E-state index contributed by atoms with van der Waals surface area (Å²) in [4.78, 5) is 16.0. The summed E-state index contributed by atoms with van der Waals surface area (Å²) in [7, 11) is -2.89. The van der Waals surface area contributed by atoms with E-state index in [-0.39, 0.29) is 17.8 Å². The fourth-order valence-electron chi connectivity index (χ4n) is 2.33. The van der Waals surface area contributed by atoms with E-state index in [0.29, 0.717) is 10.5 Å². The standard InChI is InChI=1S/C18H14F3N3O3S/c1-28(26,14-5-3-2-4-6-14)24-16(25)13-9-7-12(8-10-13)11-15-22-17(27-23-15)18(19,20)21/h2-10H,11H2,1H3. The molecule has 0 N–H and O–H groups in total. The molecule has 10 heteroatoms. The van der Waals surface area contributed by atoms with Crippen LogP contribution in [0.1, 0.15) is 27.6 Å². The molecule has 1 heterocycles. The van der Waals surface area contributed by atoms with Gasteiger partial charge in [-0.05, 0) is 29.8 Å². The lowest BCUT2D eigenvalue weighted by Crippen LogP contribution is -2.05. The Labute approximate surface area is 158 Å². The molecule has 0 aliphatic rings. The smallest absolute Gasteiger partial charge is 0.329 e. The Kier molecular flexibility index (Phi) is 5.32. The minimum atomic E-state index is -4.70. The third-order valence-electron chi connectivity index (χ3n) is 3.71. The van der Waals surface area contributed by atoms with Gasteiger partial charge >= 0.3 is 12.1 Å². The van der Waals surface area contributed by atoms with Crippen molar-refractivity contribution in [3.63, 3.8) is 0 Å². The quantitative estimate of drug-likeness (QED) is 0.651. The van der Waals surface area contributed by atoms with Crippen LogP contribution < -0.4 is 0 Å². The van der Waals surface area contributed by atoms with E-state index in [1.165, 1.54) is 30.5 Å². The molecule has 0 saturated carbocycles. The number of hydrogen-bond acceptors (Lipinski definition) is 5. The number of hydrogen-bond donors (Lipinski definition) is 0. The second kappa shape index (κ2) is 7.55. The van der Waals surface area contributed by atoms with E-state index >= 15 is 0 Å². The first kappa shape index (κ1) is 19.7. The average molecular weight is 409 g/mol. The zero-order valence-corrected chi connectivity index (χ0v) is 15.3. The molecule has 0 saturated heterocycles. The molecule has 0 radical (unpaired) electrons. The molecule has 2 aromatic carbocycles. The topological polar surface area (TPSA) is 85.4 Å². The number of carbonyl (C=O) groups excluding carboxylic acids is 1. The molecule has 0 fully saturated rings. The first-order chi connectivity index (χ1) is 13.1. The molecule has 0 bridgehead atoms. The van der Waals surface area contributed by atoms with Crippen molar-refractivity contribution in [3.8, 4) is 0 Å². The van der Waals surface area contributed by atoms with E-state index < -0.39 is 27.7 Å². The first-order valence-electron chi connectivity index (χ1n) is 7.95. The number of rotatable bonds is 4. The van der Waals surface area contributed by atoms with Crippen molar-refractivity contribution in [2.45, 2.75) is 17.5 Å². The minimum Gasteiger partial charge on any atom is -0.329 e. The Balaban J connectivity index is 1.75. The van der Waals surface area contributed by atoms with Crippen molar-refractivity contribution < 1.29 is 26.7 Å². The van der Waals surface area contributed by atoms with Gasteiger partial charge in [0, 0.05) is 23.1 Å². The molecule has 146 valence electrons. The van der Waals surface area contributed by atoms with E-state index in [2.05, 4.69) is 19.0 Å². The molecule has 0 spiro atoms. The summed E-state index contributed by atoms with van der Waals surface area (Å²) in [6.45, 7) is 0. The molecule has 1 atom stereocenters. The third kappa shape index (κ3) is 4.63. The number of benzene rings is 2. The van der Waals surface area contributed by atoms with Crippen LogP contribution in [-0.4, -0.2) is 26.5 Å². The maximum Gasteiger partial charge on any atom is 0.471 e. The number of nitrogens with zero attached hydrogens (tertiary/aromatic N) is 3. The number of amides is 1. The number of aromatic nitrogens is 2. The Morgan fingerprint density at radius 1 is 1.11 bits per heavy atom. The summed E-state index contributed by atoms with van der Waals surface area (Å²) < 4.78 is 58.1. The van der Waals surface area contributed by atoms with Gasteiger partial charge in [-0.15, -0.1) is 0 Å². The van der Waals surface area contributed by atoms with E-state index in [9.17, 15) is 22.2 Å². The van der Waals surface area contributed by atoms with Crippen molar-refractivity contribution in [1.82, 2.24) is 10.1 Å². The Morgan fingerprint density at radius 3 is 2.32 bits per heavy atom. The molecule has 3 aromatic rings. The van der Waals surface area contributed by atoms with E-state index in [1.807, 2.05) is 0 Å². The molecule has 1 amide bonds. The number of alkyl halides is 3. The molecule has 3 rings (SSSR count). The van der Waals surface area contributed by atoms with Gasteiger partial charge in [-0.2, -0.15) is 22.5 Å². The zero-order valence-electron chi connectivity index (χ0n) is 14.5. The van der Waals surface area contributed by atoms with Crippen molar-refractivity contribution >= 4 is 15.6 Å². The first-order valence-corrected chi connectivity index (χ1v) is 9.88. The van der Waals surface area contributed by atoms with Crippen molar-refractivity contribution in [1.29, 1.82) is 0 Å². The number of carbonyl (C=O) groups is 1. The highest BCUT2D eigenvalue weighted by atomic mass is 32.2. The lowest BCUT2D eigenvalue weighted by Gasteiger charge is -2.04. The normalized spacial score (nSPS) is 13.7. The summed E-state index contributed by atoms with van der Waals surface area (Å²) in [6.07, 6.45) is -3.32. The van der Waals surface area contributed by atoms with Crippen LogP contribution in [0.15, 0.2) is 68.4 Å². The van der Waals surface area contributed by atoms with Gasteiger partial charge in [0.1, 0.15) is 0 Å². The maximum atomic E-state index is 12.7. The van der Waals surface area contributed by atoms with Crippen LogP contribution in [0, 0.1) is 0 Å². The van der Waals surface area contributed by atoms with Gasteiger partial charge < -0.3 is 4.52 Å². The van der Waals surface area contributed by atoms with Crippen molar-refractivity contribution in [2.24, 2.45) is 4.36 Å². The van der Waals surface area contributed by atoms with Crippen LogP contribution in [0.4, 0.5) is 13.2 Å². The van der Waals surface area contributed by atoms with E-state index in [1.54, 1.807) is 30.3 Å². The fraction of sp³-hybridized carbons (Fsp3) is 0.167. The minimum absolute atomic E-state index is 0.000268. The fourth-order valence-corrected chi connectivity index (χ4v) is 3.51. The van der Waals surface area contributed by atoms with Crippen LogP contribution in [-0.2, 0) is 22.3 Å². The molecule has 1 unspecified atom stereocenters. The molecule has 0 aliphatic carbocycles. The summed E-state index contributed by atoms with van der Waals surface area (Å²) in [5.74, 6) is -2.19. The predicted molar refractivity (Wildman–Crippen MR) is 94.1 cm³/mol. The Bertz CT molecular complexity index is 1100. The van der Waals surface area contributed by atoms with E-state index in [0.717, 1.165) is 0 Å². The zero-order chi connectivity index (χ0) is 20.4. The van der Waals surface area contributed by atoms with Crippen LogP contribution in [0.5, 0.6) is 0 Å². The predicted octanol–water partition coefficient (Wildman–Crippen LogP) is 3.98. The molecule has 1 aromatic heterocycles. The number of halogens is 3. The van der Waals surface area contributed by atoms with Gasteiger partial charge in [0.25, 0.3) is 5.91 Å². The van der Waals surface area contributed by atoms with Crippen LogP contribution in [0.3, 0.4) is 0 Å². The molecular weight excluding hydrogens is 395 g/mol.